The maximum absolute atomic E-state index is 5.45. The third-order valence-corrected chi connectivity index (χ3v) is 2.62. The van der Waals surface area contributed by atoms with E-state index in [-0.39, 0.29) is 5.91 Å². The van der Waals surface area contributed by atoms with Crippen LogP contribution < -0.4 is 0 Å². The topological polar surface area (TPSA) is 18.5 Å². The zero-order valence-corrected chi connectivity index (χ0v) is 9.81. The second-order valence-corrected chi connectivity index (χ2v) is 5.90. The number of hydrogen-bond donors (Lipinski definition) is 0. The molecule has 72 valence electrons. The summed E-state index contributed by atoms with van der Waals surface area (Å²) in [6, 6.07) is 0. The Labute approximate surface area is 78.5 Å². The first kappa shape index (κ1) is 12.1. The summed E-state index contributed by atoms with van der Waals surface area (Å²) in [6.07, 6.45) is 0. The smallest absolute Gasteiger partial charge is 0.137 e. The predicted molar refractivity (Wildman–Crippen MR) is 52.5 cm³/mol. The van der Waals surface area contributed by atoms with Crippen LogP contribution in [0.3, 0.4) is 0 Å². The average Bonchev–Trinajstić information content (AvgIpc) is 1.84. The molecule has 0 saturated heterocycles. The molecule has 3 heteroatoms. The summed E-state index contributed by atoms with van der Waals surface area (Å²) in [5, 5.41) is 0.301. The van der Waals surface area contributed by atoms with Crippen molar-refractivity contribution in [3.05, 3.63) is 0 Å². The Hall–Kier alpha value is 0.137. The largest absolute Gasteiger partial charge is 0.357 e. The van der Waals surface area contributed by atoms with E-state index in [0.717, 1.165) is 13.2 Å². The van der Waals surface area contributed by atoms with Crippen LogP contribution in [0, 0.1) is 0 Å². The van der Waals surface area contributed by atoms with Crippen molar-refractivity contribution in [3.8, 4) is 0 Å². The van der Waals surface area contributed by atoms with E-state index in [9.17, 15) is 0 Å². The summed E-state index contributed by atoms with van der Waals surface area (Å²) in [4.78, 5) is 0. The van der Waals surface area contributed by atoms with Crippen LogP contribution in [-0.4, -0.2) is 28.6 Å². The molecule has 0 saturated carbocycles. The zero-order valence-electron chi connectivity index (χ0n) is 8.81. The second-order valence-electron chi connectivity index (χ2n) is 3.64. The van der Waals surface area contributed by atoms with Gasteiger partial charge >= 0.3 is 0 Å². The molecule has 0 amide bonds. The van der Waals surface area contributed by atoms with Gasteiger partial charge in [0.2, 0.25) is 0 Å². The molecule has 0 aromatic heterocycles. The molecule has 0 atom stereocenters. The highest BCUT2D eigenvalue weighted by Crippen LogP contribution is 2.22. The molecular formula is C9H20O2Si. The Morgan fingerprint density at radius 2 is 1.50 bits per heavy atom. The van der Waals surface area contributed by atoms with Crippen LogP contribution in [0.4, 0.5) is 0 Å². The molecule has 2 nitrogen and oxygen atoms in total. The standard InChI is InChI=1S/C9H20O2Si/c1-6-10-8(11-7-2)12-9(3,4)5/h8H,6-7H2,1-5H3. The molecule has 0 fully saturated rings. The molecule has 0 rings (SSSR count). The summed E-state index contributed by atoms with van der Waals surface area (Å²) in [7, 11) is 0.702. The van der Waals surface area contributed by atoms with Crippen LogP contribution >= 0.6 is 0 Å². The fraction of sp³-hybridized carbons (Fsp3) is 1.00. The second kappa shape index (κ2) is 5.73. The van der Waals surface area contributed by atoms with Gasteiger partial charge in [0.05, 0.1) is 0 Å². The minimum atomic E-state index is -0.000000000000000444. The first-order chi connectivity index (χ1) is 5.49. The summed E-state index contributed by atoms with van der Waals surface area (Å²) < 4.78 is 10.9. The van der Waals surface area contributed by atoms with Gasteiger partial charge in [-0.05, 0) is 18.9 Å². The van der Waals surface area contributed by atoms with Gasteiger partial charge in [-0.25, -0.2) is 0 Å². The van der Waals surface area contributed by atoms with Gasteiger partial charge in [0, 0.05) is 13.2 Å². The van der Waals surface area contributed by atoms with Crippen LogP contribution in [0.2, 0.25) is 5.04 Å². The average molecular weight is 188 g/mol. The van der Waals surface area contributed by atoms with Crippen molar-refractivity contribution in [2.75, 3.05) is 13.2 Å². The maximum atomic E-state index is 5.45. The normalized spacial score (nSPS) is 12.5. The van der Waals surface area contributed by atoms with E-state index >= 15 is 0 Å². The lowest BCUT2D eigenvalue weighted by Crippen LogP contribution is -2.30. The fourth-order valence-corrected chi connectivity index (χ4v) is 1.99. The van der Waals surface area contributed by atoms with E-state index in [0.29, 0.717) is 14.6 Å². The van der Waals surface area contributed by atoms with Gasteiger partial charge in [0.1, 0.15) is 15.4 Å². The van der Waals surface area contributed by atoms with E-state index < -0.39 is 0 Å². The molecule has 0 N–H and O–H groups in total. The van der Waals surface area contributed by atoms with Gasteiger partial charge in [-0.2, -0.15) is 0 Å². The van der Waals surface area contributed by atoms with Gasteiger partial charge in [0.15, 0.2) is 0 Å². The molecule has 0 aliphatic heterocycles. The molecule has 0 unspecified atom stereocenters. The lowest BCUT2D eigenvalue weighted by molar-refractivity contribution is -0.0840. The van der Waals surface area contributed by atoms with E-state index in [2.05, 4.69) is 20.8 Å². The SMILES string of the molecule is CCOC(OCC)[Si]C(C)(C)C. The van der Waals surface area contributed by atoms with Crippen LogP contribution in [-0.2, 0) is 9.47 Å². The van der Waals surface area contributed by atoms with Crippen LogP contribution in [0.15, 0.2) is 0 Å². The van der Waals surface area contributed by atoms with Gasteiger partial charge in [-0.3, -0.25) is 0 Å². The van der Waals surface area contributed by atoms with Crippen molar-refractivity contribution in [2.24, 2.45) is 0 Å². The molecule has 2 radical (unpaired) electrons. The van der Waals surface area contributed by atoms with Gasteiger partial charge in [-0.1, -0.05) is 20.8 Å². The Kier molecular flexibility index (Phi) is 5.79. The summed E-state index contributed by atoms with van der Waals surface area (Å²) >= 11 is 0. The van der Waals surface area contributed by atoms with Gasteiger partial charge < -0.3 is 9.47 Å². The minimum Gasteiger partial charge on any atom is -0.357 e. The monoisotopic (exact) mass is 188 g/mol. The molecule has 0 aromatic rings. The van der Waals surface area contributed by atoms with E-state index in [1.807, 2.05) is 13.8 Å². The first-order valence-corrected chi connectivity index (χ1v) is 5.58. The summed E-state index contributed by atoms with van der Waals surface area (Å²) in [6.45, 7) is 12.1. The molecule has 0 bridgehead atoms. The Bertz CT molecular complexity index is 104. The molecule has 0 aromatic carbocycles. The van der Waals surface area contributed by atoms with Gasteiger partial charge in [0.25, 0.3) is 0 Å². The van der Waals surface area contributed by atoms with E-state index in [1.165, 1.54) is 0 Å². The molecule has 0 spiro atoms. The van der Waals surface area contributed by atoms with Crippen LogP contribution in [0.1, 0.15) is 34.6 Å². The fourth-order valence-electron chi connectivity index (χ4n) is 0.788. The zero-order chi connectivity index (χ0) is 9.61. The molecule has 0 heterocycles. The minimum absolute atomic E-state index is 0.000000000000000444. The summed E-state index contributed by atoms with van der Waals surface area (Å²) in [5.74, 6) is -0.000000000000000444. The quantitative estimate of drug-likeness (QED) is 0.487. The first-order valence-electron chi connectivity index (χ1n) is 4.50. The highest BCUT2D eigenvalue weighted by Gasteiger charge is 2.20. The predicted octanol–water partition coefficient (Wildman–Crippen LogP) is 2.27. The van der Waals surface area contributed by atoms with Crippen molar-refractivity contribution in [3.63, 3.8) is 0 Å². The molecule has 12 heavy (non-hydrogen) atoms. The van der Waals surface area contributed by atoms with E-state index in [1.54, 1.807) is 0 Å². The maximum Gasteiger partial charge on any atom is 0.137 e. The Morgan fingerprint density at radius 1 is 1.08 bits per heavy atom. The Morgan fingerprint density at radius 3 is 1.75 bits per heavy atom. The summed E-state index contributed by atoms with van der Waals surface area (Å²) in [5.41, 5.74) is 0. The van der Waals surface area contributed by atoms with Crippen molar-refractivity contribution in [2.45, 2.75) is 45.6 Å². The third-order valence-electron chi connectivity index (χ3n) is 1.19. The molecule has 0 aliphatic carbocycles. The van der Waals surface area contributed by atoms with Crippen LogP contribution in [0.5, 0.6) is 0 Å². The third kappa shape index (κ3) is 6.82. The highest BCUT2D eigenvalue weighted by atomic mass is 28.2. The molecule has 0 aliphatic rings. The van der Waals surface area contributed by atoms with Crippen LogP contribution in [0.25, 0.3) is 0 Å². The van der Waals surface area contributed by atoms with Crippen molar-refractivity contribution < 1.29 is 9.47 Å². The highest BCUT2D eigenvalue weighted by molar-refractivity contribution is 6.40. The number of hydrogen-bond acceptors (Lipinski definition) is 2. The molecular weight excluding hydrogens is 168 g/mol. The number of rotatable bonds is 5. The van der Waals surface area contributed by atoms with Gasteiger partial charge in [-0.15, -0.1) is 0 Å². The Balaban J connectivity index is 3.77. The van der Waals surface area contributed by atoms with Crippen molar-refractivity contribution >= 4 is 9.52 Å². The lowest BCUT2D eigenvalue weighted by Gasteiger charge is -2.24. The van der Waals surface area contributed by atoms with Crippen molar-refractivity contribution in [1.29, 1.82) is 0 Å². The number of ether oxygens (including phenoxy) is 2. The van der Waals surface area contributed by atoms with Crippen molar-refractivity contribution in [1.82, 2.24) is 0 Å². The lowest BCUT2D eigenvalue weighted by atomic mass is 10.3. The van der Waals surface area contributed by atoms with E-state index in [4.69, 9.17) is 9.47 Å².